The number of hydrogen-bond acceptors (Lipinski definition) is 3. The van der Waals surface area contributed by atoms with Crippen LogP contribution in [0.4, 0.5) is 21.5 Å². The van der Waals surface area contributed by atoms with Crippen LogP contribution in [0.15, 0.2) is 42.6 Å². The van der Waals surface area contributed by atoms with E-state index in [1.54, 1.807) is 18.3 Å². The summed E-state index contributed by atoms with van der Waals surface area (Å²) >= 11 is 5.92. The summed E-state index contributed by atoms with van der Waals surface area (Å²) in [6.07, 6.45) is 1.72. The van der Waals surface area contributed by atoms with Gasteiger partial charge in [-0.1, -0.05) is 11.6 Å². The minimum absolute atomic E-state index is 0.322. The van der Waals surface area contributed by atoms with Gasteiger partial charge in [-0.2, -0.15) is 0 Å². The number of nitrogens with one attached hydrogen (secondary N) is 1. The molecule has 0 fully saturated rings. The van der Waals surface area contributed by atoms with Gasteiger partial charge in [0.2, 0.25) is 0 Å². The standard InChI is InChI=1S/C16H13ClFN3/c1-9-6-11-12(8-20-9)14(19)4-5-15(11)21-16-7-10(17)2-3-13(16)18/h2-8,21H,19H2,1H3. The van der Waals surface area contributed by atoms with E-state index in [2.05, 4.69) is 10.3 Å². The van der Waals surface area contributed by atoms with E-state index < -0.39 is 0 Å². The predicted molar refractivity (Wildman–Crippen MR) is 85.6 cm³/mol. The quantitative estimate of drug-likeness (QED) is 0.677. The fraction of sp³-hybridized carbons (Fsp3) is 0.0625. The Bertz CT molecular complexity index is 833. The van der Waals surface area contributed by atoms with E-state index in [1.807, 2.05) is 19.1 Å². The molecule has 2 aromatic carbocycles. The molecule has 3 nitrogen and oxygen atoms in total. The van der Waals surface area contributed by atoms with Gasteiger partial charge in [0.15, 0.2) is 0 Å². The molecule has 3 rings (SSSR count). The number of nitrogens with two attached hydrogens (primary N) is 1. The van der Waals surface area contributed by atoms with Crippen LogP contribution in [-0.4, -0.2) is 4.98 Å². The highest BCUT2D eigenvalue weighted by molar-refractivity contribution is 6.30. The van der Waals surface area contributed by atoms with Gasteiger partial charge in [-0.05, 0) is 43.3 Å². The Kier molecular flexibility index (Phi) is 3.39. The molecule has 5 heteroatoms. The van der Waals surface area contributed by atoms with Crippen molar-refractivity contribution in [3.05, 3.63) is 59.1 Å². The van der Waals surface area contributed by atoms with Crippen LogP contribution in [0.5, 0.6) is 0 Å². The third-order valence-electron chi connectivity index (χ3n) is 3.27. The maximum atomic E-state index is 13.9. The van der Waals surface area contributed by atoms with Gasteiger partial charge in [-0.15, -0.1) is 0 Å². The lowest BCUT2D eigenvalue weighted by Crippen LogP contribution is -1.97. The molecular formula is C16H13ClFN3. The molecule has 0 aliphatic rings. The molecule has 0 bridgehead atoms. The first kappa shape index (κ1) is 13.6. The van der Waals surface area contributed by atoms with Gasteiger partial charge in [-0.3, -0.25) is 4.98 Å². The van der Waals surface area contributed by atoms with Gasteiger partial charge in [0.25, 0.3) is 0 Å². The molecule has 106 valence electrons. The Hall–Kier alpha value is -2.33. The first-order valence-electron chi connectivity index (χ1n) is 6.41. The minimum atomic E-state index is -0.366. The Morgan fingerprint density at radius 2 is 1.90 bits per heavy atom. The molecule has 0 unspecified atom stereocenters. The third kappa shape index (κ3) is 2.62. The summed E-state index contributed by atoms with van der Waals surface area (Å²) in [6.45, 7) is 1.90. The number of aromatic nitrogens is 1. The number of anilines is 3. The van der Waals surface area contributed by atoms with Crippen LogP contribution in [0, 0.1) is 12.7 Å². The number of hydrogen-bond donors (Lipinski definition) is 2. The van der Waals surface area contributed by atoms with Gasteiger partial charge in [0.1, 0.15) is 5.82 Å². The molecular weight excluding hydrogens is 289 g/mol. The Morgan fingerprint density at radius 3 is 2.71 bits per heavy atom. The summed E-state index contributed by atoms with van der Waals surface area (Å²) in [4.78, 5) is 4.25. The van der Waals surface area contributed by atoms with E-state index in [4.69, 9.17) is 17.3 Å². The van der Waals surface area contributed by atoms with Crippen LogP contribution in [0.1, 0.15) is 5.69 Å². The zero-order chi connectivity index (χ0) is 15.0. The van der Waals surface area contributed by atoms with Crippen LogP contribution in [0.2, 0.25) is 5.02 Å². The van der Waals surface area contributed by atoms with Crippen LogP contribution in [-0.2, 0) is 0 Å². The normalized spacial score (nSPS) is 10.8. The highest BCUT2D eigenvalue weighted by atomic mass is 35.5. The van der Waals surface area contributed by atoms with Crippen LogP contribution < -0.4 is 11.1 Å². The molecule has 0 amide bonds. The van der Waals surface area contributed by atoms with E-state index in [0.717, 1.165) is 22.2 Å². The molecule has 0 saturated carbocycles. The van der Waals surface area contributed by atoms with Gasteiger partial charge in [0.05, 0.1) is 5.69 Å². The lowest BCUT2D eigenvalue weighted by Gasteiger charge is -2.12. The first-order chi connectivity index (χ1) is 10.0. The summed E-state index contributed by atoms with van der Waals surface area (Å²) < 4.78 is 13.9. The number of benzene rings is 2. The number of pyridine rings is 1. The molecule has 0 aliphatic heterocycles. The topological polar surface area (TPSA) is 50.9 Å². The smallest absolute Gasteiger partial charge is 0.146 e. The highest BCUT2D eigenvalue weighted by Gasteiger charge is 2.08. The number of aryl methyl sites for hydroxylation is 1. The lowest BCUT2D eigenvalue weighted by molar-refractivity contribution is 0.632. The van der Waals surface area contributed by atoms with Crippen LogP contribution in [0.3, 0.4) is 0 Å². The number of nitrogens with zero attached hydrogens (tertiary/aromatic N) is 1. The van der Waals surface area contributed by atoms with E-state index >= 15 is 0 Å². The molecule has 3 aromatic rings. The number of fused-ring (bicyclic) bond motifs is 1. The second kappa shape index (κ2) is 5.22. The van der Waals surface area contributed by atoms with Gasteiger partial charge < -0.3 is 11.1 Å². The number of nitrogen functional groups attached to an aromatic ring is 1. The van der Waals surface area contributed by atoms with Crippen molar-refractivity contribution in [3.8, 4) is 0 Å². The largest absolute Gasteiger partial charge is 0.398 e. The van der Waals surface area contributed by atoms with Gasteiger partial charge >= 0.3 is 0 Å². The second-order valence-corrected chi connectivity index (χ2v) is 5.26. The van der Waals surface area contributed by atoms with Gasteiger partial charge in [0, 0.05) is 39.1 Å². The molecule has 21 heavy (non-hydrogen) atoms. The number of halogens is 2. The predicted octanol–water partition coefficient (Wildman–Crippen LogP) is 4.66. The lowest BCUT2D eigenvalue weighted by atomic mass is 10.1. The minimum Gasteiger partial charge on any atom is -0.398 e. The van der Waals surface area contributed by atoms with Crippen LogP contribution >= 0.6 is 11.6 Å². The Balaban J connectivity index is 2.14. The van der Waals surface area contributed by atoms with Crippen molar-refractivity contribution in [3.63, 3.8) is 0 Å². The monoisotopic (exact) mass is 301 g/mol. The zero-order valence-electron chi connectivity index (χ0n) is 11.3. The summed E-state index contributed by atoms with van der Waals surface area (Å²) in [5.74, 6) is -0.366. The fourth-order valence-electron chi connectivity index (χ4n) is 2.21. The molecule has 0 saturated heterocycles. The van der Waals surface area contributed by atoms with E-state index in [-0.39, 0.29) is 5.82 Å². The average molecular weight is 302 g/mol. The van der Waals surface area contributed by atoms with Crippen molar-refractivity contribution in [2.75, 3.05) is 11.1 Å². The van der Waals surface area contributed by atoms with Crippen molar-refractivity contribution in [1.29, 1.82) is 0 Å². The molecule has 0 spiro atoms. The maximum Gasteiger partial charge on any atom is 0.146 e. The SMILES string of the molecule is Cc1cc2c(Nc3cc(Cl)ccc3F)ccc(N)c2cn1. The Morgan fingerprint density at radius 1 is 1.10 bits per heavy atom. The maximum absolute atomic E-state index is 13.9. The van der Waals surface area contributed by atoms with Crippen molar-refractivity contribution >= 4 is 39.4 Å². The molecule has 1 aromatic heterocycles. The van der Waals surface area contributed by atoms with E-state index in [0.29, 0.717) is 16.4 Å². The average Bonchev–Trinajstić information content (AvgIpc) is 2.46. The van der Waals surface area contributed by atoms with Crippen molar-refractivity contribution in [2.24, 2.45) is 0 Å². The van der Waals surface area contributed by atoms with E-state index in [9.17, 15) is 4.39 Å². The first-order valence-corrected chi connectivity index (χ1v) is 6.79. The molecule has 0 radical (unpaired) electrons. The molecule has 3 N–H and O–H groups in total. The zero-order valence-corrected chi connectivity index (χ0v) is 12.1. The summed E-state index contributed by atoms with van der Waals surface area (Å²) in [5, 5.41) is 5.25. The van der Waals surface area contributed by atoms with Crippen molar-refractivity contribution in [2.45, 2.75) is 6.92 Å². The summed E-state index contributed by atoms with van der Waals surface area (Å²) in [5.41, 5.74) is 8.53. The molecule has 1 heterocycles. The van der Waals surface area contributed by atoms with Crippen LogP contribution in [0.25, 0.3) is 10.8 Å². The Labute approximate surface area is 126 Å². The number of rotatable bonds is 2. The van der Waals surface area contributed by atoms with Gasteiger partial charge in [-0.25, -0.2) is 4.39 Å². The summed E-state index contributed by atoms with van der Waals surface area (Å²) in [7, 11) is 0. The third-order valence-corrected chi connectivity index (χ3v) is 3.50. The molecule has 0 atom stereocenters. The van der Waals surface area contributed by atoms with E-state index in [1.165, 1.54) is 12.1 Å². The molecule has 0 aliphatic carbocycles. The van der Waals surface area contributed by atoms with Crippen molar-refractivity contribution in [1.82, 2.24) is 4.98 Å². The summed E-state index contributed by atoms with van der Waals surface area (Å²) in [6, 6.07) is 9.89. The highest BCUT2D eigenvalue weighted by Crippen LogP contribution is 2.32. The second-order valence-electron chi connectivity index (χ2n) is 4.82. The van der Waals surface area contributed by atoms with Crippen molar-refractivity contribution < 1.29 is 4.39 Å². The fourth-order valence-corrected chi connectivity index (χ4v) is 2.38.